The number of carbonyl (C=O) groups excluding carboxylic acids is 3. The average Bonchev–Trinajstić information content (AvgIpc) is 3.68. The second kappa shape index (κ2) is 9.95. The van der Waals surface area contributed by atoms with Crippen molar-refractivity contribution < 1.29 is 19.5 Å². The van der Waals surface area contributed by atoms with Crippen molar-refractivity contribution in [1.82, 2.24) is 30.5 Å². The normalized spacial score (nSPS) is 30.0. The predicted molar refractivity (Wildman–Crippen MR) is 146 cm³/mol. The van der Waals surface area contributed by atoms with Crippen LogP contribution in [0.15, 0.2) is 54.6 Å². The van der Waals surface area contributed by atoms with Crippen molar-refractivity contribution >= 4 is 40.5 Å². The van der Waals surface area contributed by atoms with Gasteiger partial charge in [-0.2, -0.15) is 0 Å². The molecular weight excluding hydrogens is 516 g/mol. The first-order valence-electron chi connectivity index (χ1n) is 13.3. The van der Waals surface area contributed by atoms with Crippen molar-refractivity contribution in [3.63, 3.8) is 0 Å². The number of nitrogens with zero attached hydrogens (tertiary/aromatic N) is 4. The molecule has 4 heterocycles. The van der Waals surface area contributed by atoms with Gasteiger partial charge in [-0.3, -0.25) is 14.4 Å². The van der Waals surface area contributed by atoms with Gasteiger partial charge in [0.05, 0.1) is 34.7 Å². The summed E-state index contributed by atoms with van der Waals surface area (Å²) in [7, 11) is 1.59. The molecule has 1 aromatic heterocycles. The number of aliphatic hydroxyl groups excluding tert-OH is 1. The summed E-state index contributed by atoms with van der Waals surface area (Å²) >= 11 is 1.61. The van der Waals surface area contributed by atoms with E-state index in [0.29, 0.717) is 6.42 Å². The average molecular weight is 549 g/mol. The molecule has 0 saturated carbocycles. The van der Waals surface area contributed by atoms with E-state index >= 15 is 0 Å². The van der Waals surface area contributed by atoms with E-state index in [-0.39, 0.29) is 42.2 Å². The van der Waals surface area contributed by atoms with Crippen molar-refractivity contribution in [3.05, 3.63) is 60.2 Å². The molecular formula is C28H32N6O4S. The Kier molecular flexibility index (Phi) is 6.58. The zero-order chi connectivity index (χ0) is 27.3. The molecule has 3 unspecified atom stereocenters. The molecule has 6 rings (SSSR count). The zero-order valence-corrected chi connectivity index (χ0v) is 22.7. The van der Waals surface area contributed by atoms with Crippen LogP contribution in [-0.4, -0.2) is 78.5 Å². The molecule has 3 N–H and O–H groups in total. The van der Waals surface area contributed by atoms with E-state index in [0.717, 1.165) is 23.0 Å². The first-order chi connectivity index (χ1) is 18.9. The summed E-state index contributed by atoms with van der Waals surface area (Å²) in [4.78, 5) is 43.1. The highest BCUT2D eigenvalue weighted by atomic mass is 32.2. The van der Waals surface area contributed by atoms with Gasteiger partial charge in [0.2, 0.25) is 17.7 Å². The van der Waals surface area contributed by atoms with E-state index < -0.39 is 28.7 Å². The third-order valence-electron chi connectivity index (χ3n) is 8.72. The minimum absolute atomic E-state index is 0.0337. The number of aromatic nitrogens is 3. The van der Waals surface area contributed by atoms with Crippen LogP contribution in [0.4, 0.5) is 0 Å². The highest BCUT2D eigenvalue weighted by Crippen LogP contribution is 2.68. The van der Waals surface area contributed by atoms with Gasteiger partial charge in [0.15, 0.2) is 0 Å². The highest BCUT2D eigenvalue weighted by molar-refractivity contribution is 8.02. The smallest absolute Gasteiger partial charge is 0.245 e. The number of hydrogen-bond donors (Lipinski definition) is 3. The van der Waals surface area contributed by atoms with Crippen LogP contribution >= 0.6 is 11.8 Å². The Morgan fingerprint density at radius 1 is 1.15 bits per heavy atom. The molecule has 11 heteroatoms. The molecule has 2 bridgehead atoms. The van der Waals surface area contributed by atoms with E-state index in [4.69, 9.17) is 0 Å². The fourth-order valence-corrected chi connectivity index (χ4v) is 9.45. The topological polar surface area (TPSA) is 129 Å². The second-order valence-electron chi connectivity index (χ2n) is 10.7. The number of thioether (sulfide) groups is 1. The highest BCUT2D eigenvalue weighted by Gasteiger charge is 2.76. The number of likely N-dealkylation sites (tertiary alicyclic amines) is 1. The molecule has 1 spiro atoms. The summed E-state index contributed by atoms with van der Waals surface area (Å²) in [5.74, 6) is -1.83. The number of fused-ring (bicyclic) bond motifs is 2. The summed E-state index contributed by atoms with van der Waals surface area (Å²) in [6.07, 6.45) is 1.15. The Morgan fingerprint density at radius 3 is 2.64 bits per heavy atom. The van der Waals surface area contributed by atoms with Crippen molar-refractivity contribution in [2.24, 2.45) is 17.8 Å². The summed E-state index contributed by atoms with van der Waals surface area (Å²) < 4.78 is 0.852. The molecule has 3 saturated heterocycles. The van der Waals surface area contributed by atoms with Crippen molar-refractivity contribution in [3.8, 4) is 0 Å². The lowest BCUT2D eigenvalue weighted by atomic mass is 9.66. The molecule has 3 aliphatic rings. The van der Waals surface area contributed by atoms with Crippen molar-refractivity contribution in [2.45, 2.75) is 48.5 Å². The van der Waals surface area contributed by atoms with Crippen LogP contribution in [0.2, 0.25) is 0 Å². The SMILES string of the molecule is CNC(=O)[C@@H]1[C@H]2C(=O)N([C@@H](CO)Cc3ccccc3)C(C(=O)NCn3nnc4ccccc43)C23S[C@@H]1CC3C. The minimum atomic E-state index is -0.842. The number of rotatable bonds is 8. The van der Waals surface area contributed by atoms with Crippen LogP contribution in [0, 0.1) is 17.8 Å². The molecule has 10 nitrogen and oxygen atoms in total. The largest absolute Gasteiger partial charge is 0.394 e. The summed E-state index contributed by atoms with van der Waals surface area (Å²) in [5.41, 5.74) is 2.47. The summed E-state index contributed by atoms with van der Waals surface area (Å²) in [6, 6.07) is 15.7. The Labute approximate surface area is 230 Å². The Hall–Kier alpha value is -3.44. The molecule has 7 atom stereocenters. The zero-order valence-electron chi connectivity index (χ0n) is 21.9. The van der Waals surface area contributed by atoms with Gasteiger partial charge in [-0.05, 0) is 36.5 Å². The van der Waals surface area contributed by atoms with Gasteiger partial charge in [-0.25, -0.2) is 4.68 Å². The van der Waals surface area contributed by atoms with Gasteiger partial charge in [0, 0.05) is 12.3 Å². The van der Waals surface area contributed by atoms with Gasteiger partial charge in [-0.1, -0.05) is 54.6 Å². The van der Waals surface area contributed by atoms with Gasteiger partial charge in [0.1, 0.15) is 18.2 Å². The molecule has 204 valence electrons. The van der Waals surface area contributed by atoms with Crippen LogP contribution in [0.5, 0.6) is 0 Å². The van der Waals surface area contributed by atoms with Crippen molar-refractivity contribution in [1.29, 1.82) is 0 Å². The second-order valence-corrected chi connectivity index (χ2v) is 12.3. The predicted octanol–water partition coefficient (Wildman–Crippen LogP) is 1.19. The number of nitrogens with one attached hydrogen (secondary N) is 2. The lowest BCUT2D eigenvalue weighted by Crippen LogP contribution is -2.59. The molecule has 3 aliphatic heterocycles. The van der Waals surface area contributed by atoms with Crippen LogP contribution in [0.25, 0.3) is 11.0 Å². The van der Waals surface area contributed by atoms with Gasteiger partial charge in [-0.15, -0.1) is 16.9 Å². The minimum Gasteiger partial charge on any atom is -0.394 e. The molecule has 0 radical (unpaired) electrons. The lowest BCUT2D eigenvalue weighted by Gasteiger charge is -2.40. The van der Waals surface area contributed by atoms with E-state index in [1.165, 1.54) is 0 Å². The number of hydrogen-bond acceptors (Lipinski definition) is 7. The maximum Gasteiger partial charge on any atom is 0.245 e. The summed E-state index contributed by atoms with van der Waals surface area (Å²) in [6.45, 7) is 1.86. The maximum absolute atomic E-state index is 14.3. The molecule has 3 amide bonds. The monoisotopic (exact) mass is 548 g/mol. The Bertz CT molecular complexity index is 1420. The maximum atomic E-state index is 14.3. The quantitative estimate of drug-likeness (QED) is 0.386. The van der Waals surface area contributed by atoms with E-state index in [9.17, 15) is 19.5 Å². The Morgan fingerprint density at radius 2 is 1.90 bits per heavy atom. The van der Waals surface area contributed by atoms with Crippen LogP contribution in [0.1, 0.15) is 18.9 Å². The van der Waals surface area contributed by atoms with Gasteiger partial charge < -0.3 is 20.6 Å². The first-order valence-corrected chi connectivity index (χ1v) is 14.2. The fourth-order valence-electron chi connectivity index (χ4n) is 7.04. The van der Waals surface area contributed by atoms with Crippen molar-refractivity contribution in [2.75, 3.05) is 13.7 Å². The fraction of sp³-hybridized carbons (Fsp3) is 0.464. The third kappa shape index (κ3) is 3.93. The van der Waals surface area contributed by atoms with Gasteiger partial charge >= 0.3 is 0 Å². The number of aliphatic hydroxyl groups is 1. The van der Waals surface area contributed by atoms with E-state index in [1.54, 1.807) is 28.4 Å². The van der Waals surface area contributed by atoms with Crippen LogP contribution in [-0.2, 0) is 27.5 Å². The number of carbonyl (C=O) groups is 3. The molecule has 39 heavy (non-hydrogen) atoms. The summed E-state index contributed by atoms with van der Waals surface area (Å²) in [5, 5.41) is 24.6. The third-order valence-corrected chi connectivity index (χ3v) is 10.8. The lowest BCUT2D eigenvalue weighted by molar-refractivity contribution is -0.142. The molecule has 3 fully saturated rings. The molecule has 2 aromatic carbocycles. The Balaban J connectivity index is 1.37. The van der Waals surface area contributed by atoms with E-state index in [1.807, 2.05) is 54.6 Å². The molecule has 0 aliphatic carbocycles. The molecule has 3 aromatic rings. The van der Waals surface area contributed by atoms with E-state index in [2.05, 4.69) is 27.9 Å². The van der Waals surface area contributed by atoms with Crippen LogP contribution < -0.4 is 10.6 Å². The van der Waals surface area contributed by atoms with Gasteiger partial charge in [0.25, 0.3) is 0 Å². The first kappa shape index (κ1) is 25.8. The number of para-hydroxylation sites is 1. The number of benzene rings is 2. The van der Waals surface area contributed by atoms with Crippen LogP contribution in [0.3, 0.4) is 0 Å². The standard InChI is InChI=1S/C28H32N6O4S/c1-16-12-21-22(25(36)29-2)23-27(38)34(18(14-35)13-17-8-4-3-5-9-17)24(28(16,23)39-21)26(37)30-15-33-20-11-7-6-10-19(20)31-32-33/h3-11,16,18,21-24,35H,12-15H2,1-2H3,(H,29,36)(H,30,37)/t16?,18-,21-,22+,23+,24?,28?/m1/s1. The number of amides is 3.